The number of hydrogen-bond acceptors (Lipinski definition) is 7. The summed E-state index contributed by atoms with van der Waals surface area (Å²) in [5.41, 5.74) is -3.76. The topological polar surface area (TPSA) is 103 Å². The van der Waals surface area contributed by atoms with E-state index in [-0.39, 0.29) is 35.2 Å². The summed E-state index contributed by atoms with van der Waals surface area (Å²) >= 11 is 0. The van der Waals surface area contributed by atoms with E-state index < -0.39 is 35.2 Å². The maximum atomic E-state index is 13.9. The van der Waals surface area contributed by atoms with Crippen molar-refractivity contribution in [3.8, 4) is 6.07 Å². The summed E-state index contributed by atoms with van der Waals surface area (Å²) < 4.78 is 30.2. The van der Waals surface area contributed by atoms with Crippen LogP contribution in [0.15, 0.2) is 0 Å². The van der Waals surface area contributed by atoms with E-state index in [1.807, 2.05) is 20.8 Å². The first kappa shape index (κ1) is 29.4. The Morgan fingerprint density at radius 2 is 1.70 bits per heavy atom. The van der Waals surface area contributed by atoms with E-state index in [1.54, 1.807) is 6.92 Å². The quantitative estimate of drug-likeness (QED) is 0.306. The molecular weight excluding hydrogens is 477 g/mol. The molecule has 0 radical (unpaired) electrons. The summed E-state index contributed by atoms with van der Waals surface area (Å²) in [6, 6.07) is 2.08. The van der Waals surface area contributed by atoms with Gasteiger partial charge in [-0.05, 0) is 79.1 Å². The van der Waals surface area contributed by atoms with Crippen LogP contribution in [0.3, 0.4) is 0 Å². The highest BCUT2D eigenvalue weighted by molar-refractivity contribution is 5.85. The van der Waals surface area contributed by atoms with Crippen LogP contribution in [-0.2, 0) is 28.6 Å². The zero-order chi connectivity index (χ0) is 27.8. The number of rotatable bonds is 7. The number of esters is 3. The number of halogens is 1. The molecular formula is C29H44FNO6. The molecule has 6 unspecified atom stereocenters. The van der Waals surface area contributed by atoms with Crippen LogP contribution in [0.25, 0.3) is 0 Å². The predicted molar refractivity (Wildman–Crippen MR) is 135 cm³/mol. The second-order valence-electron chi connectivity index (χ2n) is 12.7. The largest absolute Gasteiger partial charge is 0.459 e. The molecule has 8 heteroatoms. The van der Waals surface area contributed by atoms with E-state index >= 15 is 0 Å². The van der Waals surface area contributed by atoms with Gasteiger partial charge in [-0.1, -0.05) is 33.1 Å². The van der Waals surface area contributed by atoms with Gasteiger partial charge in [-0.25, -0.2) is 9.18 Å². The van der Waals surface area contributed by atoms with Crippen molar-refractivity contribution < 1.29 is 33.0 Å². The van der Waals surface area contributed by atoms with E-state index in [0.29, 0.717) is 18.8 Å². The predicted octanol–water partition coefficient (Wildman–Crippen LogP) is 5.84. The molecule has 0 aromatic rings. The molecule has 4 fully saturated rings. The van der Waals surface area contributed by atoms with Crippen molar-refractivity contribution in [1.29, 1.82) is 5.26 Å². The summed E-state index contributed by atoms with van der Waals surface area (Å²) in [6.45, 7) is 12.9. The van der Waals surface area contributed by atoms with Crippen LogP contribution in [0.1, 0.15) is 106 Å². The average Bonchev–Trinajstić information content (AvgIpc) is 3.46. The maximum absolute atomic E-state index is 13.9. The van der Waals surface area contributed by atoms with Crippen LogP contribution in [0.2, 0.25) is 0 Å². The van der Waals surface area contributed by atoms with Gasteiger partial charge in [0.15, 0.2) is 5.41 Å². The molecule has 3 saturated carbocycles. The van der Waals surface area contributed by atoms with Crippen molar-refractivity contribution in [1.82, 2.24) is 0 Å². The lowest BCUT2D eigenvalue weighted by atomic mass is 9.74. The number of fused-ring (bicyclic) bond motifs is 1. The highest BCUT2D eigenvalue weighted by Crippen LogP contribution is 2.62. The number of nitriles is 1. The van der Waals surface area contributed by atoms with Gasteiger partial charge in [0.05, 0.1) is 11.5 Å². The lowest BCUT2D eigenvalue weighted by Crippen LogP contribution is -2.43. The minimum absolute atomic E-state index is 0.0270. The van der Waals surface area contributed by atoms with Crippen molar-refractivity contribution in [3.05, 3.63) is 0 Å². The number of nitrogens with zero attached hydrogens (tertiary/aromatic N) is 1. The van der Waals surface area contributed by atoms with E-state index in [0.717, 1.165) is 6.42 Å². The number of hydrogen-bond donors (Lipinski definition) is 0. The molecule has 1 aliphatic heterocycles. The minimum atomic E-state index is -2.03. The fourth-order valence-electron chi connectivity index (χ4n) is 6.08. The molecule has 0 aromatic carbocycles. The van der Waals surface area contributed by atoms with Crippen LogP contribution in [0, 0.1) is 39.9 Å². The molecule has 37 heavy (non-hydrogen) atoms. The molecule has 208 valence electrons. The number of carbonyl (C=O) groups is 3. The number of carbonyl (C=O) groups excluding carboxylic acids is 3. The van der Waals surface area contributed by atoms with E-state index in [4.69, 9.17) is 14.2 Å². The lowest BCUT2D eigenvalue weighted by molar-refractivity contribution is -0.174. The fourth-order valence-corrected chi connectivity index (χ4v) is 6.08. The summed E-state index contributed by atoms with van der Waals surface area (Å²) in [4.78, 5) is 35.8. The third-order valence-corrected chi connectivity index (χ3v) is 9.48. The van der Waals surface area contributed by atoms with E-state index in [2.05, 4.69) is 19.9 Å². The summed E-state index contributed by atoms with van der Waals surface area (Å²) in [5, 5.41) is 9.25. The monoisotopic (exact) mass is 521 g/mol. The Balaban J connectivity index is 0.000000209. The van der Waals surface area contributed by atoms with Gasteiger partial charge in [-0.2, -0.15) is 5.26 Å². The van der Waals surface area contributed by atoms with Crippen molar-refractivity contribution in [2.45, 2.75) is 130 Å². The van der Waals surface area contributed by atoms with Gasteiger partial charge < -0.3 is 14.2 Å². The molecule has 7 nitrogen and oxygen atoms in total. The average molecular weight is 522 g/mol. The Hall–Kier alpha value is -2.17. The van der Waals surface area contributed by atoms with Crippen molar-refractivity contribution in [2.24, 2.45) is 28.6 Å². The lowest BCUT2D eigenvalue weighted by Gasteiger charge is -2.38. The third-order valence-electron chi connectivity index (χ3n) is 9.48. The molecule has 6 atom stereocenters. The second-order valence-corrected chi connectivity index (χ2v) is 12.7. The molecule has 1 saturated heterocycles. The molecule has 0 amide bonds. The summed E-state index contributed by atoms with van der Waals surface area (Å²) in [5.74, 6) is -1.26. The Morgan fingerprint density at radius 1 is 1.08 bits per heavy atom. The van der Waals surface area contributed by atoms with Crippen LogP contribution < -0.4 is 0 Å². The van der Waals surface area contributed by atoms with Crippen molar-refractivity contribution >= 4 is 17.9 Å². The van der Waals surface area contributed by atoms with Crippen LogP contribution in [0.5, 0.6) is 0 Å². The highest BCUT2D eigenvalue weighted by Gasteiger charge is 2.72. The van der Waals surface area contributed by atoms with Crippen molar-refractivity contribution in [2.75, 3.05) is 0 Å². The molecule has 0 spiro atoms. The Bertz CT molecular complexity index is 931. The number of alkyl halides is 1. The molecule has 0 N–H and O–H groups in total. The maximum Gasteiger partial charge on any atom is 0.343 e. The second kappa shape index (κ2) is 10.5. The summed E-state index contributed by atoms with van der Waals surface area (Å²) in [6.07, 6.45) is 6.92. The van der Waals surface area contributed by atoms with Gasteiger partial charge in [0, 0.05) is 11.8 Å². The standard InChI is InChI=1S/C15H28O2.C14H16FNO4/c1-6-14(2,3)13(16)17-15(4,5)12-10-8-7-9-11-12;1-3-13(2,15)11(17)19-9-7-4-8-10(9)20-12(18)14(8,5-7)6-16/h12H,6-11H2,1-5H3;7-10H,3-5H2,1-2H3. The van der Waals surface area contributed by atoms with Crippen LogP contribution in [0.4, 0.5) is 4.39 Å². The molecule has 3 aliphatic carbocycles. The molecule has 4 rings (SSSR count). The SMILES string of the molecule is CCC(C)(C)C(=O)OC(C)(C)C1CCCCC1.CCC(C)(F)C(=O)OC1C2CC3C1OC(=O)C3(C#N)C2. The molecule has 2 bridgehead atoms. The van der Waals surface area contributed by atoms with Crippen LogP contribution in [-0.4, -0.2) is 41.4 Å². The van der Waals surface area contributed by atoms with E-state index in [9.17, 15) is 24.0 Å². The zero-order valence-electron chi connectivity index (χ0n) is 23.5. The highest BCUT2D eigenvalue weighted by atomic mass is 19.1. The zero-order valence-corrected chi connectivity index (χ0v) is 23.5. The first-order valence-electron chi connectivity index (χ1n) is 13.9. The molecule has 1 heterocycles. The normalized spacial score (nSPS) is 32.5. The third kappa shape index (κ3) is 5.52. The van der Waals surface area contributed by atoms with Gasteiger partial charge in [0.1, 0.15) is 17.8 Å². The van der Waals surface area contributed by atoms with Crippen LogP contribution >= 0.6 is 0 Å². The van der Waals surface area contributed by atoms with Crippen molar-refractivity contribution in [3.63, 3.8) is 0 Å². The molecule has 4 aliphatic rings. The summed E-state index contributed by atoms with van der Waals surface area (Å²) in [7, 11) is 0. The molecule has 0 aromatic heterocycles. The fraction of sp³-hybridized carbons (Fsp3) is 0.862. The first-order chi connectivity index (χ1) is 17.1. The Morgan fingerprint density at radius 3 is 2.24 bits per heavy atom. The Labute approximate surface area is 220 Å². The minimum Gasteiger partial charge on any atom is -0.459 e. The smallest absolute Gasteiger partial charge is 0.343 e. The first-order valence-corrected chi connectivity index (χ1v) is 13.9. The van der Waals surface area contributed by atoms with E-state index in [1.165, 1.54) is 39.0 Å². The van der Waals surface area contributed by atoms with Gasteiger partial charge >= 0.3 is 17.9 Å². The van der Waals surface area contributed by atoms with Gasteiger partial charge in [-0.3, -0.25) is 9.59 Å². The van der Waals surface area contributed by atoms with Gasteiger partial charge in [0.2, 0.25) is 5.67 Å². The Kier molecular flexibility index (Phi) is 8.37. The number of ether oxygens (including phenoxy) is 3. The van der Waals surface area contributed by atoms with Gasteiger partial charge in [0.25, 0.3) is 0 Å². The van der Waals surface area contributed by atoms with Gasteiger partial charge in [-0.15, -0.1) is 0 Å².